The molecule has 0 aliphatic heterocycles. The molecule has 4 nitrogen and oxygen atoms in total. The number of nitrogens with zero attached hydrogens (tertiary/aromatic N) is 1. The average Bonchev–Trinajstić information content (AvgIpc) is 3.29. The van der Waals surface area contributed by atoms with Crippen molar-refractivity contribution in [1.82, 2.24) is 10.2 Å². The number of aromatic nitrogens is 2. The predicted octanol–water partition coefficient (Wildman–Crippen LogP) is 3.59. The molecule has 122 valence electrons. The zero-order valence-electron chi connectivity index (χ0n) is 11.9. The summed E-state index contributed by atoms with van der Waals surface area (Å²) in [5.74, 6) is 0. The molecule has 1 aliphatic rings. The number of H-pyrrole nitrogens is 1. The molecule has 3 rings (SSSR count). The zero-order valence-corrected chi connectivity index (χ0v) is 12.6. The number of hydrogen-bond donors (Lipinski definition) is 2. The highest BCUT2D eigenvalue weighted by atomic mass is 35.5. The lowest BCUT2D eigenvalue weighted by Gasteiger charge is -2.19. The van der Waals surface area contributed by atoms with Crippen LogP contribution >= 0.6 is 11.6 Å². The van der Waals surface area contributed by atoms with Crippen molar-refractivity contribution in [2.75, 3.05) is 11.9 Å². The van der Waals surface area contributed by atoms with Gasteiger partial charge in [-0.25, -0.2) is 5.10 Å². The van der Waals surface area contributed by atoms with Crippen molar-refractivity contribution in [3.05, 3.63) is 57.0 Å². The van der Waals surface area contributed by atoms with Gasteiger partial charge in [0.1, 0.15) is 5.02 Å². The van der Waals surface area contributed by atoms with Crippen molar-refractivity contribution in [3.8, 4) is 0 Å². The first-order chi connectivity index (χ1) is 10.8. The summed E-state index contributed by atoms with van der Waals surface area (Å²) in [5.41, 5.74) is -0.534. The maximum Gasteiger partial charge on any atom is 0.416 e. The summed E-state index contributed by atoms with van der Waals surface area (Å²) in [7, 11) is 0. The van der Waals surface area contributed by atoms with E-state index in [4.69, 9.17) is 11.6 Å². The van der Waals surface area contributed by atoms with E-state index in [2.05, 4.69) is 15.5 Å². The molecule has 1 aromatic carbocycles. The van der Waals surface area contributed by atoms with E-state index in [1.807, 2.05) is 0 Å². The number of halogens is 4. The van der Waals surface area contributed by atoms with Crippen LogP contribution in [0.5, 0.6) is 0 Å². The largest absolute Gasteiger partial charge is 0.416 e. The molecule has 0 unspecified atom stereocenters. The molecule has 0 atom stereocenters. The van der Waals surface area contributed by atoms with Crippen molar-refractivity contribution >= 4 is 17.3 Å². The van der Waals surface area contributed by atoms with Gasteiger partial charge in [0.05, 0.1) is 17.4 Å². The first-order valence-electron chi connectivity index (χ1n) is 6.97. The van der Waals surface area contributed by atoms with Crippen molar-refractivity contribution < 1.29 is 13.2 Å². The van der Waals surface area contributed by atoms with Crippen LogP contribution in [0.3, 0.4) is 0 Å². The number of hydrogen-bond acceptors (Lipinski definition) is 3. The van der Waals surface area contributed by atoms with Gasteiger partial charge in [0, 0.05) is 12.0 Å². The summed E-state index contributed by atoms with van der Waals surface area (Å²) in [6.07, 6.45) is -1.43. The lowest BCUT2D eigenvalue weighted by molar-refractivity contribution is -0.137. The molecule has 0 spiro atoms. The van der Waals surface area contributed by atoms with Crippen molar-refractivity contribution in [3.63, 3.8) is 0 Å². The summed E-state index contributed by atoms with van der Waals surface area (Å²) in [5, 5.41) is 8.86. The fourth-order valence-electron chi connectivity index (χ4n) is 2.51. The molecular formula is C15H13ClF3N3O. The normalized spacial score (nSPS) is 16.2. The molecule has 1 heterocycles. The molecule has 0 saturated heterocycles. The highest BCUT2D eigenvalue weighted by Crippen LogP contribution is 2.49. The van der Waals surface area contributed by atoms with Gasteiger partial charge < -0.3 is 5.32 Å². The lowest BCUT2D eigenvalue weighted by atomic mass is 9.94. The summed E-state index contributed by atoms with van der Waals surface area (Å²) in [6.45, 7) is 0.388. The molecule has 0 radical (unpaired) electrons. The molecule has 8 heteroatoms. The van der Waals surface area contributed by atoms with Crippen molar-refractivity contribution in [2.45, 2.75) is 24.4 Å². The van der Waals surface area contributed by atoms with Crippen molar-refractivity contribution in [2.24, 2.45) is 0 Å². The van der Waals surface area contributed by atoms with E-state index in [9.17, 15) is 18.0 Å². The smallest absolute Gasteiger partial charge is 0.381 e. The first kappa shape index (κ1) is 15.9. The Hall–Kier alpha value is -2.02. The molecule has 1 fully saturated rings. The zero-order chi connectivity index (χ0) is 16.7. The molecule has 1 saturated carbocycles. The third-order valence-corrected chi connectivity index (χ3v) is 4.44. The quantitative estimate of drug-likeness (QED) is 0.892. The van der Waals surface area contributed by atoms with E-state index in [-0.39, 0.29) is 10.4 Å². The Labute approximate surface area is 134 Å². The summed E-state index contributed by atoms with van der Waals surface area (Å²) < 4.78 is 38.5. The predicted molar refractivity (Wildman–Crippen MR) is 80.7 cm³/mol. The number of aromatic amines is 1. The minimum atomic E-state index is -4.36. The van der Waals surface area contributed by atoms with Crippen LogP contribution in [0.15, 0.2) is 35.3 Å². The molecular weight excluding hydrogens is 331 g/mol. The third-order valence-electron chi connectivity index (χ3n) is 4.07. The van der Waals surface area contributed by atoms with Gasteiger partial charge in [-0.3, -0.25) is 4.79 Å². The number of benzene rings is 1. The molecule has 0 amide bonds. The Morgan fingerprint density at radius 2 is 2.09 bits per heavy atom. The average molecular weight is 344 g/mol. The molecule has 0 bridgehead atoms. The van der Waals surface area contributed by atoms with Crippen molar-refractivity contribution in [1.29, 1.82) is 0 Å². The van der Waals surface area contributed by atoms with Crippen LogP contribution in [0.1, 0.15) is 24.0 Å². The lowest BCUT2D eigenvalue weighted by Crippen LogP contribution is -2.22. The van der Waals surface area contributed by atoms with Gasteiger partial charge >= 0.3 is 6.18 Å². The van der Waals surface area contributed by atoms with E-state index in [0.717, 1.165) is 18.9 Å². The molecule has 1 aromatic heterocycles. The molecule has 23 heavy (non-hydrogen) atoms. The van der Waals surface area contributed by atoms with E-state index in [1.165, 1.54) is 18.3 Å². The standard InChI is InChI=1S/C15H13ClF3N3O/c16-12-11(7-21-22-13(12)23)20-8-14(4-5-14)9-2-1-3-10(6-9)15(17,18)19/h1-3,6-7H,4-5,8H2,(H2,20,22,23). The van der Waals surface area contributed by atoms with Gasteiger partial charge in [-0.15, -0.1) is 0 Å². The minimum absolute atomic E-state index is 0.0140. The van der Waals surface area contributed by atoms with E-state index in [0.29, 0.717) is 17.8 Å². The Morgan fingerprint density at radius 1 is 1.35 bits per heavy atom. The Kier molecular flexibility index (Phi) is 3.83. The summed E-state index contributed by atoms with van der Waals surface area (Å²) in [4.78, 5) is 11.4. The fraction of sp³-hybridized carbons (Fsp3) is 0.333. The van der Waals surface area contributed by atoms with Crippen LogP contribution in [-0.2, 0) is 11.6 Å². The van der Waals surface area contributed by atoms with Gasteiger partial charge in [0.2, 0.25) is 0 Å². The van der Waals surface area contributed by atoms with Crippen LogP contribution in [-0.4, -0.2) is 16.7 Å². The highest BCUT2D eigenvalue weighted by molar-refractivity contribution is 6.32. The Balaban J connectivity index is 1.81. The summed E-state index contributed by atoms with van der Waals surface area (Å²) >= 11 is 5.88. The van der Waals surface area contributed by atoms with E-state index >= 15 is 0 Å². The number of anilines is 1. The fourth-order valence-corrected chi connectivity index (χ4v) is 2.67. The first-order valence-corrected chi connectivity index (χ1v) is 7.34. The van der Waals surface area contributed by atoms with Gasteiger partial charge in [0.25, 0.3) is 5.56 Å². The molecule has 1 aliphatic carbocycles. The summed E-state index contributed by atoms with van der Waals surface area (Å²) in [6, 6.07) is 5.36. The topological polar surface area (TPSA) is 57.8 Å². The second-order valence-corrected chi connectivity index (χ2v) is 6.02. The maximum absolute atomic E-state index is 12.8. The number of alkyl halides is 3. The van der Waals surface area contributed by atoms with Crippen LogP contribution < -0.4 is 10.9 Å². The van der Waals surface area contributed by atoms with E-state index in [1.54, 1.807) is 6.07 Å². The Morgan fingerprint density at radius 3 is 2.74 bits per heavy atom. The Bertz CT molecular complexity index is 784. The second-order valence-electron chi connectivity index (χ2n) is 5.64. The molecule has 2 aromatic rings. The minimum Gasteiger partial charge on any atom is -0.381 e. The monoisotopic (exact) mass is 343 g/mol. The molecule has 2 N–H and O–H groups in total. The van der Waals surface area contributed by atoms with Gasteiger partial charge in [-0.05, 0) is 24.5 Å². The van der Waals surface area contributed by atoms with Crippen LogP contribution in [0.4, 0.5) is 18.9 Å². The maximum atomic E-state index is 12.8. The van der Waals surface area contributed by atoms with Crippen LogP contribution in [0.2, 0.25) is 5.02 Å². The van der Waals surface area contributed by atoms with E-state index < -0.39 is 17.3 Å². The van der Waals surface area contributed by atoms with Crippen LogP contribution in [0, 0.1) is 0 Å². The van der Waals surface area contributed by atoms with Gasteiger partial charge in [-0.1, -0.05) is 29.8 Å². The van der Waals surface area contributed by atoms with Crippen LogP contribution in [0.25, 0.3) is 0 Å². The SMILES string of the molecule is O=c1[nH]ncc(NCC2(c3cccc(C(F)(F)F)c3)CC2)c1Cl. The highest BCUT2D eigenvalue weighted by Gasteiger charge is 2.45. The van der Waals surface area contributed by atoms with Gasteiger partial charge in [-0.2, -0.15) is 18.3 Å². The number of nitrogens with one attached hydrogen (secondary N) is 2. The van der Waals surface area contributed by atoms with Gasteiger partial charge in [0.15, 0.2) is 0 Å². The third kappa shape index (κ3) is 3.19. The second kappa shape index (κ2) is 5.56. The number of rotatable bonds is 4.